The molecule has 1 saturated carbocycles. The van der Waals surface area contributed by atoms with Crippen LogP contribution in [0.5, 0.6) is 0 Å². The van der Waals surface area contributed by atoms with E-state index in [4.69, 9.17) is 5.26 Å². The Bertz CT molecular complexity index is 423. The second-order valence-corrected chi connectivity index (χ2v) is 5.30. The summed E-state index contributed by atoms with van der Waals surface area (Å²) < 4.78 is 0. The van der Waals surface area contributed by atoms with E-state index in [1.54, 1.807) is 11.8 Å². The molecule has 2 aliphatic rings. The second-order valence-electron chi connectivity index (χ2n) is 5.30. The van der Waals surface area contributed by atoms with Gasteiger partial charge in [0.2, 0.25) is 5.91 Å². The summed E-state index contributed by atoms with van der Waals surface area (Å²) in [5.74, 6) is 5.92. The Labute approximate surface area is 115 Å². The highest BCUT2D eigenvalue weighted by molar-refractivity contribution is 5.80. The van der Waals surface area contributed by atoms with Gasteiger partial charge in [0.1, 0.15) is 6.04 Å². The number of nitriles is 1. The second kappa shape index (κ2) is 6.59. The molecule has 1 aliphatic carbocycles. The molecule has 2 fully saturated rings. The SMILES string of the molecule is CC#C[C@H]1CC[C@@H](C#N)N1C(=O)CNC1CCCC1. The third kappa shape index (κ3) is 3.28. The molecule has 0 radical (unpaired) electrons. The standard InChI is InChI=1S/C15H21N3O/c1-2-5-13-8-9-14(10-16)18(13)15(19)11-17-12-6-3-4-7-12/h12-14,17H,3-4,6-9,11H2,1H3/t13-,14-/m0/s1. The van der Waals surface area contributed by atoms with E-state index < -0.39 is 0 Å². The Morgan fingerprint density at radius 1 is 1.26 bits per heavy atom. The van der Waals surface area contributed by atoms with Gasteiger partial charge in [0.25, 0.3) is 0 Å². The summed E-state index contributed by atoms with van der Waals surface area (Å²) in [4.78, 5) is 14.0. The average Bonchev–Trinajstić information content (AvgIpc) is 3.05. The van der Waals surface area contributed by atoms with Crippen molar-refractivity contribution in [2.45, 2.75) is 63.6 Å². The number of hydrogen-bond donors (Lipinski definition) is 1. The molecule has 102 valence electrons. The van der Waals surface area contributed by atoms with Crippen molar-refractivity contribution >= 4 is 5.91 Å². The molecule has 2 rings (SSSR count). The van der Waals surface area contributed by atoms with E-state index in [9.17, 15) is 4.79 Å². The van der Waals surface area contributed by atoms with Crippen molar-refractivity contribution in [1.29, 1.82) is 5.26 Å². The highest BCUT2D eigenvalue weighted by Crippen LogP contribution is 2.24. The average molecular weight is 259 g/mol. The molecule has 4 nitrogen and oxygen atoms in total. The molecular formula is C15H21N3O. The zero-order valence-electron chi connectivity index (χ0n) is 11.5. The minimum atomic E-state index is -0.302. The van der Waals surface area contributed by atoms with Gasteiger partial charge in [0.05, 0.1) is 18.7 Å². The Balaban J connectivity index is 1.93. The molecule has 0 aromatic heterocycles. The molecule has 0 spiro atoms. The minimum absolute atomic E-state index is 0.0173. The Kier molecular flexibility index (Phi) is 4.82. The first-order valence-electron chi connectivity index (χ1n) is 7.12. The fourth-order valence-corrected chi connectivity index (χ4v) is 3.05. The first-order valence-corrected chi connectivity index (χ1v) is 7.12. The first-order chi connectivity index (χ1) is 9.26. The largest absolute Gasteiger partial charge is 0.312 e. The third-order valence-electron chi connectivity index (χ3n) is 4.03. The van der Waals surface area contributed by atoms with Gasteiger partial charge in [0, 0.05) is 6.04 Å². The number of nitrogens with one attached hydrogen (secondary N) is 1. The molecule has 2 atom stereocenters. The molecule has 1 heterocycles. The minimum Gasteiger partial charge on any atom is -0.312 e. The van der Waals surface area contributed by atoms with Crippen molar-refractivity contribution in [2.24, 2.45) is 0 Å². The van der Waals surface area contributed by atoms with Crippen LogP contribution in [0.15, 0.2) is 0 Å². The van der Waals surface area contributed by atoms with Gasteiger partial charge in [-0.25, -0.2) is 0 Å². The van der Waals surface area contributed by atoms with Gasteiger partial charge in [-0.2, -0.15) is 5.26 Å². The Hall–Kier alpha value is -1.52. The van der Waals surface area contributed by atoms with Crippen LogP contribution in [0.3, 0.4) is 0 Å². The van der Waals surface area contributed by atoms with Crippen LogP contribution >= 0.6 is 0 Å². The maximum Gasteiger partial charge on any atom is 0.238 e. The van der Waals surface area contributed by atoms with Crippen LogP contribution in [0.4, 0.5) is 0 Å². The van der Waals surface area contributed by atoms with Crippen LogP contribution < -0.4 is 5.32 Å². The lowest BCUT2D eigenvalue weighted by molar-refractivity contribution is -0.131. The molecule has 0 bridgehead atoms. The number of likely N-dealkylation sites (tertiary alicyclic amines) is 1. The number of nitrogens with zero attached hydrogens (tertiary/aromatic N) is 2. The summed E-state index contributed by atoms with van der Waals surface area (Å²) >= 11 is 0. The summed E-state index contributed by atoms with van der Waals surface area (Å²) in [5.41, 5.74) is 0. The van der Waals surface area contributed by atoms with Gasteiger partial charge in [-0.1, -0.05) is 18.8 Å². The van der Waals surface area contributed by atoms with Gasteiger partial charge in [-0.15, -0.1) is 5.92 Å². The quantitative estimate of drug-likeness (QED) is 0.780. The number of carbonyl (C=O) groups excluding carboxylic acids is 1. The normalized spacial score (nSPS) is 26.8. The Morgan fingerprint density at radius 2 is 1.95 bits per heavy atom. The first kappa shape index (κ1) is 13.9. The monoisotopic (exact) mass is 259 g/mol. The zero-order chi connectivity index (χ0) is 13.7. The summed E-state index contributed by atoms with van der Waals surface area (Å²) in [6, 6.07) is 2.32. The lowest BCUT2D eigenvalue weighted by Crippen LogP contribution is -2.46. The summed E-state index contributed by atoms with van der Waals surface area (Å²) in [7, 11) is 0. The van der Waals surface area contributed by atoms with Crippen LogP contribution in [0.1, 0.15) is 45.4 Å². The molecule has 4 heteroatoms. The molecule has 1 amide bonds. The number of rotatable bonds is 3. The lowest BCUT2D eigenvalue weighted by atomic mass is 10.2. The van der Waals surface area contributed by atoms with Gasteiger partial charge in [0.15, 0.2) is 0 Å². The summed E-state index contributed by atoms with van der Waals surface area (Å²) in [5, 5.41) is 12.5. The van der Waals surface area contributed by atoms with Gasteiger partial charge in [-0.05, 0) is 32.6 Å². The van der Waals surface area contributed by atoms with Crippen LogP contribution in [0.2, 0.25) is 0 Å². The third-order valence-corrected chi connectivity index (χ3v) is 4.03. The van der Waals surface area contributed by atoms with Crippen molar-refractivity contribution in [3.05, 3.63) is 0 Å². The van der Waals surface area contributed by atoms with Crippen molar-refractivity contribution < 1.29 is 4.79 Å². The van der Waals surface area contributed by atoms with Crippen LogP contribution in [-0.4, -0.2) is 35.5 Å². The van der Waals surface area contributed by atoms with E-state index in [-0.39, 0.29) is 18.0 Å². The number of hydrogen-bond acceptors (Lipinski definition) is 3. The zero-order valence-corrected chi connectivity index (χ0v) is 11.5. The van der Waals surface area contributed by atoms with Crippen LogP contribution in [-0.2, 0) is 4.79 Å². The highest BCUT2D eigenvalue weighted by Gasteiger charge is 2.35. The summed E-state index contributed by atoms with van der Waals surface area (Å²) in [6.45, 7) is 2.11. The van der Waals surface area contributed by atoms with E-state index in [1.165, 1.54) is 12.8 Å². The molecule has 1 saturated heterocycles. The topological polar surface area (TPSA) is 56.1 Å². The molecule has 19 heavy (non-hydrogen) atoms. The number of carbonyl (C=O) groups is 1. The van der Waals surface area contributed by atoms with Crippen LogP contribution in [0, 0.1) is 23.2 Å². The highest BCUT2D eigenvalue weighted by atomic mass is 16.2. The van der Waals surface area contributed by atoms with Gasteiger partial charge in [-0.3, -0.25) is 4.79 Å². The van der Waals surface area contributed by atoms with Gasteiger partial charge < -0.3 is 10.2 Å². The van der Waals surface area contributed by atoms with E-state index >= 15 is 0 Å². The fraction of sp³-hybridized carbons (Fsp3) is 0.733. The molecule has 1 N–H and O–H groups in total. The van der Waals surface area contributed by atoms with Crippen molar-refractivity contribution in [3.8, 4) is 17.9 Å². The predicted molar refractivity (Wildman–Crippen MR) is 73.0 cm³/mol. The molecule has 0 aromatic carbocycles. The van der Waals surface area contributed by atoms with E-state index in [0.717, 1.165) is 25.7 Å². The van der Waals surface area contributed by atoms with Gasteiger partial charge >= 0.3 is 0 Å². The van der Waals surface area contributed by atoms with E-state index in [1.807, 2.05) is 0 Å². The fourth-order valence-electron chi connectivity index (χ4n) is 3.05. The molecule has 0 aromatic rings. The van der Waals surface area contributed by atoms with E-state index in [2.05, 4.69) is 23.2 Å². The van der Waals surface area contributed by atoms with Crippen molar-refractivity contribution in [3.63, 3.8) is 0 Å². The van der Waals surface area contributed by atoms with Crippen LogP contribution in [0.25, 0.3) is 0 Å². The lowest BCUT2D eigenvalue weighted by Gasteiger charge is -2.25. The maximum absolute atomic E-state index is 12.3. The number of amides is 1. The molecular weight excluding hydrogens is 238 g/mol. The molecule has 1 aliphatic heterocycles. The Morgan fingerprint density at radius 3 is 2.58 bits per heavy atom. The predicted octanol–water partition coefficient (Wildman–Crippen LogP) is 1.43. The van der Waals surface area contributed by atoms with Crippen molar-refractivity contribution in [2.75, 3.05) is 6.54 Å². The van der Waals surface area contributed by atoms with E-state index in [0.29, 0.717) is 12.6 Å². The molecule has 0 unspecified atom stereocenters. The van der Waals surface area contributed by atoms with Crippen molar-refractivity contribution in [1.82, 2.24) is 10.2 Å². The summed E-state index contributed by atoms with van der Waals surface area (Å²) in [6.07, 6.45) is 6.38. The maximum atomic E-state index is 12.3. The smallest absolute Gasteiger partial charge is 0.238 e.